The summed E-state index contributed by atoms with van der Waals surface area (Å²) in [5, 5.41) is 7.14. The van der Waals surface area contributed by atoms with Crippen molar-refractivity contribution in [3.05, 3.63) is 113 Å². The topological polar surface area (TPSA) is 69.3 Å². The van der Waals surface area contributed by atoms with E-state index < -0.39 is 17.8 Å². The Bertz CT molecular complexity index is 1680. The molecule has 1 aliphatic rings. The van der Waals surface area contributed by atoms with Gasteiger partial charge in [0.2, 0.25) is 0 Å². The molecule has 39 heavy (non-hydrogen) atoms. The highest BCUT2D eigenvalue weighted by Crippen LogP contribution is 2.42. The van der Waals surface area contributed by atoms with Crippen molar-refractivity contribution in [2.75, 3.05) is 5.32 Å². The Balaban J connectivity index is 1.30. The normalized spacial score (nSPS) is 12.5. The van der Waals surface area contributed by atoms with E-state index in [0.29, 0.717) is 51.3 Å². The largest absolute Gasteiger partial charge is 0.469 e. The van der Waals surface area contributed by atoms with Crippen LogP contribution in [0.25, 0.3) is 16.9 Å². The Morgan fingerprint density at radius 3 is 2.51 bits per heavy atom. The maximum Gasteiger partial charge on any atom is 0.435 e. The first-order chi connectivity index (χ1) is 18.8. The monoisotopic (exact) mass is 549 g/mol. The van der Waals surface area contributed by atoms with E-state index in [0.717, 1.165) is 0 Å². The molecule has 0 spiro atoms. The summed E-state index contributed by atoms with van der Waals surface area (Å²) >= 11 is 6.15. The summed E-state index contributed by atoms with van der Waals surface area (Å²) in [7, 11) is 0. The molecular weight excluding hydrogens is 531 g/mol. The Kier molecular flexibility index (Phi) is 6.15. The van der Waals surface area contributed by atoms with Crippen LogP contribution in [0.4, 0.5) is 18.9 Å². The first kappa shape index (κ1) is 24.8. The van der Waals surface area contributed by atoms with Crippen molar-refractivity contribution in [3.63, 3.8) is 0 Å². The third-order valence-electron chi connectivity index (χ3n) is 6.39. The maximum atomic E-state index is 13.8. The quantitative estimate of drug-likeness (QED) is 0.241. The number of aromatic nitrogens is 2. The lowest BCUT2D eigenvalue weighted by molar-refractivity contribution is -0.142. The Labute approximate surface area is 225 Å². The fourth-order valence-corrected chi connectivity index (χ4v) is 4.79. The van der Waals surface area contributed by atoms with Gasteiger partial charge < -0.3 is 14.5 Å². The summed E-state index contributed by atoms with van der Waals surface area (Å²) in [4.78, 5) is 13.1. The summed E-state index contributed by atoms with van der Waals surface area (Å²) in [6.07, 6.45) is -2.61. The van der Waals surface area contributed by atoms with E-state index in [2.05, 4.69) is 10.4 Å². The molecule has 0 aliphatic heterocycles. The van der Waals surface area contributed by atoms with E-state index in [-0.39, 0.29) is 17.5 Å². The van der Waals surface area contributed by atoms with Gasteiger partial charge in [-0.1, -0.05) is 29.8 Å². The average Bonchev–Trinajstić information content (AvgIpc) is 3.55. The first-order valence-electron chi connectivity index (χ1n) is 12.0. The number of alkyl halides is 3. The zero-order valence-electron chi connectivity index (χ0n) is 20.1. The lowest BCUT2D eigenvalue weighted by Crippen LogP contribution is -2.13. The van der Waals surface area contributed by atoms with E-state index in [1.807, 2.05) is 18.2 Å². The highest BCUT2D eigenvalue weighted by Gasteiger charge is 2.41. The smallest absolute Gasteiger partial charge is 0.435 e. The van der Waals surface area contributed by atoms with Gasteiger partial charge in [-0.25, -0.2) is 4.68 Å². The Hall–Kier alpha value is -4.50. The molecule has 2 aromatic heterocycles. The number of ether oxygens (including phenoxy) is 1. The number of nitrogens with one attached hydrogen (secondary N) is 1. The number of hydrogen-bond acceptors (Lipinski definition) is 4. The second-order valence-electron chi connectivity index (χ2n) is 8.90. The van der Waals surface area contributed by atoms with Crippen LogP contribution in [0.5, 0.6) is 11.5 Å². The molecule has 1 N–H and O–H groups in total. The van der Waals surface area contributed by atoms with Crippen molar-refractivity contribution in [1.29, 1.82) is 0 Å². The van der Waals surface area contributed by atoms with Crippen LogP contribution in [-0.2, 0) is 19.0 Å². The minimum Gasteiger partial charge on any atom is -0.469 e. The molecule has 1 aliphatic carbocycles. The summed E-state index contributed by atoms with van der Waals surface area (Å²) in [6.45, 7) is 0. The number of furan rings is 1. The fraction of sp³-hybridized carbons (Fsp3) is 0.103. The van der Waals surface area contributed by atoms with Gasteiger partial charge in [0.25, 0.3) is 5.91 Å². The zero-order valence-corrected chi connectivity index (χ0v) is 20.9. The van der Waals surface area contributed by atoms with E-state index in [9.17, 15) is 18.0 Å². The van der Waals surface area contributed by atoms with E-state index in [1.54, 1.807) is 48.5 Å². The SMILES string of the molecule is O=C(Nc1cc(Cl)ccc1Oc1ccccc1)c1ccc(-n2nc(C(F)(F)F)c3c2-c2ccoc2CC3)cc1. The number of fused-ring (bicyclic) bond motifs is 3. The molecule has 6 rings (SSSR count). The molecule has 3 aromatic carbocycles. The molecule has 6 nitrogen and oxygen atoms in total. The van der Waals surface area contributed by atoms with Gasteiger partial charge in [-0.2, -0.15) is 18.3 Å². The number of nitrogens with zero attached hydrogens (tertiary/aromatic N) is 2. The molecule has 1 amide bonds. The van der Waals surface area contributed by atoms with Crippen molar-refractivity contribution in [2.45, 2.75) is 19.0 Å². The van der Waals surface area contributed by atoms with E-state index in [4.69, 9.17) is 20.8 Å². The number of amides is 1. The molecule has 0 saturated heterocycles. The van der Waals surface area contributed by atoms with Crippen LogP contribution in [0.3, 0.4) is 0 Å². The number of rotatable bonds is 5. The van der Waals surface area contributed by atoms with Crippen LogP contribution in [-0.4, -0.2) is 15.7 Å². The molecule has 196 valence electrons. The summed E-state index contributed by atoms with van der Waals surface area (Å²) < 4.78 is 54.1. The highest BCUT2D eigenvalue weighted by atomic mass is 35.5. The third-order valence-corrected chi connectivity index (χ3v) is 6.62. The van der Waals surface area contributed by atoms with Crippen molar-refractivity contribution >= 4 is 23.2 Å². The second kappa shape index (κ2) is 9.67. The van der Waals surface area contributed by atoms with Gasteiger partial charge in [-0.05, 0) is 67.1 Å². The predicted molar refractivity (Wildman–Crippen MR) is 140 cm³/mol. The molecule has 0 bridgehead atoms. The number of carbonyl (C=O) groups excluding carboxylic acids is 1. The van der Waals surface area contributed by atoms with Crippen LogP contribution in [0.1, 0.15) is 27.4 Å². The Morgan fingerprint density at radius 1 is 1.00 bits per heavy atom. The van der Waals surface area contributed by atoms with Gasteiger partial charge in [0.05, 0.1) is 23.3 Å². The predicted octanol–water partition coefficient (Wildman–Crippen LogP) is 7.95. The van der Waals surface area contributed by atoms with Crippen LogP contribution in [0.2, 0.25) is 5.02 Å². The van der Waals surface area contributed by atoms with E-state index in [1.165, 1.54) is 23.1 Å². The molecule has 0 unspecified atom stereocenters. The number of para-hydroxylation sites is 1. The molecule has 0 fully saturated rings. The molecule has 5 aromatic rings. The van der Waals surface area contributed by atoms with Crippen molar-refractivity contribution in [3.8, 4) is 28.4 Å². The van der Waals surface area contributed by atoms with Gasteiger partial charge in [0, 0.05) is 28.1 Å². The molecule has 0 radical (unpaired) electrons. The second-order valence-corrected chi connectivity index (χ2v) is 9.34. The lowest BCUT2D eigenvalue weighted by atomic mass is 9.94. The zero-order chi connectivity index (χ0) is 27.1. The standard InChI is InChI=1S/C29H19ClF3N3O3/c30-18-8-12-25(39-20-4-2-1-3-5-20)23(16-18)34-28(37)17-6-9-19(10-7-17)36-26-21-14-15-38-24(21)13-11-22(26)27(35-36)29(31,32)33/h1-10,12,14-16H,11,13H2,(H,34,37). The van der Waals surface area contributed by atoms with Gasteiger partial charge in [0.1, 0.15) is 11.5 Å². The third kappa shape index (κ3) is 4.77. The van der Waals surface area contributed by atoms with Gasteiger partial charge >= 0.3 is 6.18 Å². The molecular formula is C29H19ClF3N3O3. The lowest BCUT2D eigenvalue weighted by Gasteiger charge is -2.15. The summed E-state index contributed by atoms with van der Waals surface area (Å²) in [6, 6.07) is 21.7. The first-order valence-corrected chi connectivity index (χ1v) is 12.4. The van der Waals surface area contributed by atoms with Gasteiger partial charge in [-0.3, -0.25) is 4.79 Å². The fourth-order valence-electron chi connectivity index (χ4n) is 4.62. The number of anilines is 1. The van der Waals surface area contributed by atoms with Crippen LogP contribution in [0.15, 0.2) is 89.5 Å². The molecule has 0 saturated carbocycles. The number of benzene rings is 3. The number of halogens is 4. The molecule has 2 heterocycles. The van der Waals surface area contributed by atoms with Crippen LogP contribution < -0.4 is 10.1 Å². The van der Waals surface area contributed by atoms with Gasteiger partial charge in [-0.15, -0.1) is 0 Å². The number of carbonyl (C=O) groups is 1. The Morgan fingerprint density at radius 2 is 1.77 bits per heavy atom. The van der Waals surface area contributed by atoms with Crippen molar-refractivity contribution < 1.29 is 27.1 Å². The van der Waals surface area contributed by atoms with E-state index >= 15 is 0 Å². The minimum atomic E-state index is -4.60. The molecule has 0 atom stereocenters. The van der Waals surface area contributed by atoms with Crippen LogP contribution in [0, 0.1) is 0 Å². The number of hydrogen-bond donors (Lipinski definition) is 1. The summed E-state index contributed by atoms with van der Waals surface area (Å²) in [5.41, 5.74) is 1.16. The minimum absolute atomic E-state index is 0.130. The highest BCUT2D eigenvalue weighted by molar-refractivity contribution is 6.31. The van der Waals surface area contributed by atoms with Crippen LogP contribution >= 0.6 is 11.6 Å². The van der Waals surface area contributed by atoms with Crippen molar-refractivity contribution in [2.24, 2.45) is 0 Å². The summed E-state index contributed by atoms with van der Waals surface area (Å²) in [5.74, 6) is 1.15. The van der Waals surface area contributed by atoms with Gasteiger partial charge in [0.15, 0.2) is 11.4 Å². The maximum absolute atomic E-state index is 13.8. The average molecular weight is 550 g/mol. The number of aryl methyl sites for hydroxylation is 1. The van der Waals surface area contributed by atoms with Crippen molar-refractivity contribution in [1.82, 2.24) is 9.78 Å². The molecule has 10 heteroatoms.